The predicted molar refractivity (Wildman–Crippen MR) is 91.4 cm³/mol. The van der Waals surface area contributed by atoms with E-state index in [1.165, 1.54) is 4.88 Å². The highest BCUT2D eigenvalue weighted by molar-refractivity contribution is 7.16. The number of thiophene rings is 1. The van der Waals surface area contributed by atoms with Gasteiger partial charge in [0.2, 0.25) is 5.91 Å². The third kappa shape index (κ3) is 4.44. The molecule has 1 aromatic heterocycles. The number of nitrogens with zero attached hydrogens (tertiary/aromatic N) is 2. The molecule has 1 aromatic rings. The number of piperazine rings is 1. The molecule has 3 heterocycles. The van der Waals surface area contributed by atoms with Gasteiger partial charge in [0, 0.05) is 44.0 Å². The predicted octanol–water partition coefficient (Wildman–Crippen LogP) is 2.44. The van der Waals surface area contributed by atoms with Crippen molar-refractivity contribution in [3.05, 3.63) is 21.3 Å². The molecule has 0 aromatic carbocycles. The highest BCUT2D eigenvalue weighted by atomic mass is 35.5. The van der Waals surface area contributed by atoms with Crippen molar-refractivity contribution in [1.82, 2.24) is 15.1 Å². The largest absolute Gasteiger partial charge is 0.340 e. The van der Waals surface area contributed by atoms with Gasteiger partial charge in [0.1, 0.15) is 0 Å². The van der Waals surface area contributed by atoms with Crippen molar-refractivity contribution < 1.29 is 4.79 Å². The number of nitrogens with one attached hydrogen (secondary N) is 1. The second-order valence-electron chi connectivity index (χ2n) is 6.26. The zero-order valence-electron chi connectivity index (χ0n) is 12.9. The van der Waals surface area contributed by atoms with Crippen LogP contribution < -0.4 is 5.32 Å². The molecule has 2 aliphatic rings. The van der Waals surface area contributed by atoms with Crippen molar-refractivity contribution in [1.29, 1.82) is 0 Å². The van der Waals surface area contributed by atoms with Gasteiger partial charge >= 0.3 is 0 Å². The van der Waals surface area contributed by atoms with Crippen molar-refractivity contribution in [2.24, 2.45) is 5.92 Å². The molecule has 0 radical (unpaired) electrons. The number of piperidine rings is 1. The van der Waals surface area contributed by atoms with Crippen LogP contribution in [0.2, 0.25) is 4.34 Å². The highest BCUT2D eigenvalue weighted by Crippen LogP contribution is 2.23. The van der Waals surface area contributed by atoms with Gasteiger partial charge in [-0.25, -0.2) is 0 Å². The van der Waals surface area contributed by atoms with Crippen LogP contribution in [0.4, 0.5) is 0 Å². The Kier molecular flexibility index (Phi) is 5.74. The number of rotatable bonds is 4. The number of carbonyl (C=O) groups is 1. The Bertz CT molecular complexity index is 493. The van der Waals surface area contributed by atoms with E-state index in [1.54, 1.807) is 11.3 Å². The summed E-state index contributed by atoms with van der Waals surface area (Å²) in [5.41, 5.74) is 0. The number of amides is 1. The second-order valence-corrected chi connectivity index (χ2v) is 8.06. The molecule has 2 aliphatic heterocycles. The maximum absolute atomic E-state index is 12.4. The average molecular weight is 342 g/mol. The molecule has 3 rings (SSSR count). The number of hydrogen-bond donors (Lipinski definition) is 1. The molecule has 22 heavy (non-hydrogen) atoms. The average Bonchev–Trinajstić information content (AvgIpc) is 2.94. The minimum Gasteiger partial charge on any atom is -0.340 e. The van der Waals surface area contributed by atoms with Crippen LogP contribution in [0.1, 0.15) is 24.1 Å². The zero-order valence-corrected chi connectivity index (χ0v) is 14.5. The second kappa shape index (κ2) is 7.77. The number of halogens is 1. The van der Waals surface area contributed by atoms with E-state index in [2.05, 4.69) is 21.2 Å². The summed E-state index contributed by atoms with van der Waals surface area (Å²) in [6, 6.07) is 4.06. The Hall–Kier alpha value is -0.620. The lowest BCUT2D eigenvalue weighted by molar-refractivity contribution is -0.134. The lowest BCUT2D eigenvalue weighted by atomic mass is 9.94. The first-order valence-electron chi connectivity index (χ1n) is 8.16. The Morgan fingerprint density at radius 1 is 1.23 bits per heavy atom. The molecule has 1 amide bonds. The molecule has 1 N–H and O–H groups in total. The fourth-order valence-corrected chi connectivity index (χ4v) is 4.40. The van der Waals surface area contributed by atoms with Crippen molar-refractivity contribution in [3.8, 4) is 0 Å². The highest BCUT2D eigenvalue weighted by Gasteiger charge is 2.24. The summed E-state index contributed by atoms with van der Waals surface area (Å²) in [4.78, 5) is 18.2. The maximum atomic E-state index is 12.4. The number of carbonyl (C=O) groups excluding carboxylic acids is 1. The third-order valence-corrected chi connectivity index (χ3v) is 5.87. The Labute approximate surface area is 141 Å². The van der Waals surface area contributed by atoms with Gasteiger partial charge in [0.05, 0.1) is 4.34 Å². The summed E-state index contributed by atoms with van der Waals surface area (Å²) in [5.74, 6) is 0.936. The van der Waals surface area contributed by atoms with Crippen molar-refractivity contribution >= 4 is 28.8 Å². The molecule has 2 saturated heterocycles. The van der Waals surface area contributed by atoms with Gasteiger partial charge in [-0.15, -0.1) is 11.3 Å². The quantitative estimate of drug-likeness (QED) is 0.913. The first kappa shape index (κ1) is 16.2. The molecular weight excluding hydrogens is 318 g/mol. The first-order chi connectivity index (χ1) is 10.7. The summed E-state index contributed by atoms with van der Waals surface area (Å²) in [7, 11) is 0. The summed E-state index contributed by atoms with van der Waals surface area (Å²) >= 11 is 7.63. The molecule has 4 nitrogen and oxygen atoms in total. The topological polar surface area (TPSA) is 35.6 Å². The van der Waals surface area contributed by atoms with Gasteiger partial charge in [-0.05, 0) is 44.0 Å². The van der Waals surface area contributed by atoms with E-state index < -0.39 is 0 Å². The van der Waals surface area contributed by atoms with E-state index in [1.807, 2.05) is 6.07 Å². The van der Waals surface area contributed by atoms with Gasteiger partial charge in [-0.2, -0.15) is 0 Å². The van der Waals surface area contributed by atoms with Crippen LogP contribution in [0.3, 0.4) is 0 Å². The van der Waals surface area contributed by atoms with Crippen LogP contribution in [-0.4, -0.2) is 55.0 Å². The van der Waals surface area contributed by atoms with Crippen molar-refractivity contribution in [3.63, 3.8) is 0 Å². The normalized spacial score (nSPS) is 21.2. The smallest absolute Gasteiger partial charge is 0.222 e. The standard InChI is InChI=1S/C16H24ClN3OS/c17-15-2-1-14(22-15)12-19-7-9-20(10-8-19)16(21)11-13-3-5-18-6-4-13/h1-2,13,18H,3-12H2. The number of hydrogen-bond acceptors (Lipinski definition) is 4. The summed E-state index contributed by atoms with van der Waals surface area (Å²) in [5, 5.41) is 3.36. The molecule has 0 atom stereocenters. The van der Waals surface area contributed by atoms with Crippen molar-refractivity contribution in [2.45, 2.75) is 25.8 Å². The van der Waals surface area contributed by atoms with Crippen molar-refractivity contribution in [2.75, 3.05) is 39.3 Å². The Morgan fingerprint density at radius 3 is 2.59 bits per heavy atom. The summed E-state index contributed by atoms with van der Waals surface area (Å²) in [6.45, 7) is 6.74. The third-order valence-electron chi connectivity index (χ3n) is 4.66. The molecule has 0 bridgehead atoms. The lowest BCUT2D eigenvalue weighted by Crippen LogP contribution is -2.48. The van der Waals surface area contributed by atoms with Gasteiger partial charge in [-0.1, -0.05) is 11.6 Å². The minimum atomic E-state index is 0.353. The monoisotopic (exact) mass is 341 g/mol. The fraction of sp³-hybridized carbons (Fsp3) is 0.688. The molecule has 0 aliphatic carbocycles. The van der Waals surface area contributed by atoms with Gasteiger partial charge in [-0.3, -0.25) is 9.69 Å². The minimum absolute atomic E-state index is 0.353. The molecule has 0 spiro atoms. The van der Waals surface area contributed by atoms with Crippen LogP contribution in [-0.2, 0) is 11.3 Å². The summed E-state index contributed by atoms with van der Waals surface area (Å²) < 4.78 is 0.853. The first-order valence-corrected chi connectivity index (χ1v) is 9.35. The maximum Gasteiger partial charge on any atom is 0.222 e. The SMILES string of the molecule is O=C(CC1CCNCC1)N1CCN(Cc2ccc(Cl)s2)CC1. The van der Waals surface area contributed by atoms with E-state index in [0.29, 0.717) is 11.8 Å². The zero-order chi connectivity index (χ0) is 15.4. The molecule has 2 fully saturated rings. The molecule has 6 heteroatoms. The van der Waals surface area contributed by atoms with E-state index >= 15 is 0 Å². The van der Waals surface area contributed by atoms with E-state index in [4.69, 9.17) is 11.6 Å². The Morgan fingerprint density at radius 2 is 1.95 bits per heavy atom. The van der Waals surface area contributed by atoms with E-state index in [-0.39, 0.29) is 0 Å². The van der Waals surface area contributed by atoms with Crippen LogP contribution in [0.15, 0.2) is 12.1 Å². The van der Waals surface area contributed by atoms with Crippen LogP contribution in [0, 0.1) is 5.92 Å². The van der Waals surface area contributed by atoms with Crippen LogP contribution in [0.5, 0.6) is 0 Å². The van der Waals surface area contributed by atoms with E-state index in [9.17, 15) is 4.79 Å². The van der Waals surface area contributed by atoms with E-state index in [0.717, 1.165) is 69.4 Å². The van der Waals surface area contributed by atoms with Gasteiger partial charge in [0.25, 0.3) is 0 Å². The lowest BCUT2D eigenvalue weighted by Gasteiger charge is -2.35. The Balaban J connectivity index is 1.41. The summed E-state index contributed by atoms with van der Waals surface area (Å²) in [6.07, 6.45) is 3.03. The fourth-order valence-electron chi connectivity index (χ4n) is 3.27. The van der Waals surface area contributed by atoms with Gasteiger partial charge < -0.3 is 10.2 Å². The molecule has 122 valence electrons. The van der Waals surface area contributed by atoms with Crippen LogP contribution >= 0.6 is 22.9 Å². The van der Waals surface area contributed by atoms with Gasteiger partial charge in [0.15, 0.2) is 0 Å². The molecule has 0 saturated carbocycles. The molecule has 0 unspecified atom stereocenters. The molecular formula is C16H24ClN3OS. The van der Waals surface area contributed by atoms with Crippen LogP contribution in [0.25, 0.3) is 0 Å².